The number of allylic oxidation sites excluding steroid dienone is 2. The molecular weight excluding hydrogens is 511 g/mol. The van der Waals surface area contributed by atoms with Crippen molar-refractivity contribution in [1.29, 1.82) is 0 Å². The molecule has 0 aliphatic carbocycles. The predicted octanol–water partition coefficient (Wildman–Crippen LogP) is 8.23. The summed E-state index contributed by atoms with van der Waals surface area (Å²) >= 11 is 0. The van der Waals surface area contributed by atoms with Gasteiger partial charge < -0.3 is 9.63 Å². The molecule has 0 amide bonds. The number of rotatable bonds is 9. The summed E-state index contributed by atoms with van der Waals surface area (Å²) in [5, 5.41) is 0. The molecule has 1 heterocycles. The summed E-state index contributed by atoms with van der Waals surface area (Å²) < 4.78 is 10.4. The molecule has 0 bridgehead atoms. The molecule has 0 fully saturated rings. The van der Waals surface area contributed by atoms with Crippen LogP contribution in [0.4, 0.5) is 11.4 Å². The lowest BCUT2D eigenvalue weighted by molar-refractivity contribution is -0.171. The number of fused-ring (bicyclic) bond motifs is 3. The largest absolute Gasteiger partial charge is 0.642 e. The quantitative estimate of drug-likeness (QED) is 0.120. The molecule has 4 aromatic rings. The standard InChI is InChI=1S/C35H37N2O2P/c1-5-23-39-31(6-2)26-40(38)36(24-29-17-9-7-10-18-29)32-21-13-15-27(3)34(32)35-28(4)16-14-22-33(35)37(40)25-30-19-11-8-12-20-30/h5-22H,1,23-26H2,2-4H3/b31-6-. The van der Waals surface area contributed by atoms with Crippen LogP contribution < -0.4 is 14.2 Å². The van der Waals surface area contributed by atoms with E-state index in [1.165, 1.54) is 0 Å². The Morgan fingerprint density at radius 2 is 1.23 bits per heavy atom. The first kappa shape index (κ1) is 27.7. The van der Waals surface area contributed by atoms with Crippen LogP contribution in [0, 0.1) is 13.8 Å². The first-order chi connectivity index (χ1) is 19.5. The SMILES string of the molecule is C=CCO/C(=C\C)C[P+]1([O-])N(Cc2ccccc2)c2cccc(C)c2-c2c(C)cccc2N1Cc1ccccc1. The minimum atomic E-state index is -3.39. The van der Waals surface area contributed by atoms with Crippen LogP contribution in [0.25, 0.3) is 11.1 Å². The van der Waals surface area contributed by atoms with Crippen molar-refractivity contribution in [3.63, 3.8) is 0 Å². The zero-order chi connectivity index (χ0) is 28.1. The van der Waals surface area contributed by atoms with Crippen molar-refractivity contribution in [1.82, 2.24) is 0 Å². The molecule has 1 aliphatic heterocycles. The minimum Gasteiger partial charge on any atom is -0.642 e. The second-order valence-corrected chi connectivity index (χ2v) is 12.8. The van der Waals surface area contributed by atoms with Gasteiger partial charge in [0.05, 0.1) is 24.5 Å². The fraction of sp³-hybridized carbons (Fsp3) is 0.200. The van der Waals surface area contributed by atoms with E-state index in [1.54, 1.807) is 6.08 Å². The fourth-order valence-corrected chi connectivity index (χ4v) is 8.57. The Balaban J connectivity index is 1.81. The lowest BCUT2D eigenvalue weighted by Crippen LogP contribution is -2.44. The van der Waals surface area contributed by atoms with Gasteiger partial charge in [0.2, 0.25) is 0 Å². The Kier molecular flexibility index (Phi) is 8.40. The Morgan fingerprint density at radius 3 is 1.65 bits per heavy atom. The van der Waals surface area contributed by atoms with Crippen molar-refractivity contribution >= 4 is 19.2 Å². The van der Waals surface area contributed by atoms with Crippen molar-refractivity contribution in [2.24, 2.45) is 0 Å². The topological polar surface area (TPSA) is 38.8 Å². The molecule has 5 heteroatoms. The third-order valence-corrected chi connectivity index (χ3v) is 10.4. The fourth-order valence-electron chi connectivity index (χ4n) is 5.52. The monoisotopic (exact) mass is 548 g/mol. The van der Waals surface area contributed by atoms with Gasteiger partial charge in [-0.25, -0.2) is 9.34 Å². The van der Waals surface area contributed by atoms with Crippen LogP contribution in [0.15, 0.2) is 122 Å². The number of benzene rings is 4. The highest BCUT2D eigenvalue weighted by Gasteiger charge is 2.47. The second kappa shape index (κ2) is 12.1. The van der Waals surface area contributed by atoms with E-state index in [4.69, 9.17) is 4.74 Å². The first-order valence-corrected chi connectivity index (χ1v) is 15.6. The molecule has 204 valence electrons. The summed E-state index contributed by atoms with van der Waals surface area (Å²) in [6.45, 7) is 11.4. The van der Waals surface area contributed by atoms with Crippen LogP contribution in [-0.2, 0) is 17.8 Å². The molecule has 0 saturated heterocycles. The Labute approximate surface area is 239 Å². The van der Waals surface area contributed by atoms with Gasteiger partial charge in [-0.1, -0.05) is 97.6 Å². The van der Waals surface area contributed by atoms with Crippen LogP contribution in [-0.4, -0.2) is 12.8 Å². The Hall–Kier alpha value is -3.85. The summed E-state index contributed by atoms with van der Waals surface area (Å²) in [4.78, 5) is 16.1. The molecule has 4 nitrogen and oxygen atoms in total. The van der Waals surface area contributed by atoms with E-state index in [0.29, 0.717) is 25.5 Å². The summed E-state index contributed by atoms with van der Waals surface area (Å²) in [6.07, 6.45) is 3.93. The molecule has 0 atom stereocenters. The number of aryl methyl sites for hydroxylation is 2. The van der Waals surface area contributed by atoms with E-state index in [9.17, 15) is 0 Å². The van der Waals surface area contributed by atoms with Crippen LogP contribution in [0.3, 0.4) is 0 Å². The van der Waals surface area contributed by atoms with Gasteiger partial charge in [-0.15, -0.1) is 0 Å². The van der Waals surface area contributed by atoms with Gasteiger partial charge in [0, 0.05) is 11.1 Å². The first-order valence-electron chi connectivity index (χ1n) is 13.8. The number of anilines is 2. The Bertz CT molecular complexity index is 1400. The van der Waals surface area contributed by atoms with Crippen LogP contribution in [0.5, 0.6) is 0 Å². The maximum absolute atomic E-state index is 16.1. The van der Waals surface area contributed by atoms with E-state index in [2.05, 4.69) is 90.4 Å². The number of ether oxygens (including phenoxy) is 1. The number of hydrogen-bond acceptors (Lipinski definition) is 4. The smallest absolute Gasteiger partial charge is 0.161 e. The van der Waals surface area contributed by atoms with Gasteiger partial charge in [-0.2, -0.15) is 0 Å². The zero-order valence-corrected chi connectivity index (χ0v) is 24.5. The second-order valence-electron chi connectivity index (χ2n) is 10.2. The molecule has 0 radical (unpaired) electrons. The average molecular weight is 549 g/mol. The third-order valence-electron chi connectivity index (χ3n) is 7.48. The summed E-state index contributed by atoms with van der Waals surface area (Å²) in [7, 11) is -3.39. The van der Waals surface area contributed by atoms with Crippen molar-refractivity contribution in [3.8, 4) is 11.1 Å². The molecule has 5 rings (SSSR count). The lowest BCUT2D eigenvalue weighted by atomic mass is 9.93. The molecule has 40 heavy (non-hydrogen) atoms. The van der Waals surface area contributed by atoms with E-state index >= 15 is 4.89 Å². The summed E-state index contributed by atoms with van der Waals surface area (Å²) in [5.41, 5.74) is 8.77. The van der Waals surface area contributed by atoms with E-state index in [0.717, 1.165) is 44.8 Å². The van der Waals surface area contributed by atoms with E-state index < -0.39 is 7.79 Å². The predicted molar refractivity (Wildman–Crippen MR) is 168 cm³/mol. The summed E-state index contributed by atoms with van der Waals surface area (Å²) in [5.74, 6) is 0.699. The minimum absolute atomic E-state index is 0.262. The highest BCUT2D eigenvalue weighted by atomic mass is 31.2. The Morgan fingerprint density at radius 1 is 0.750 bits per heavy atom. The average Bonchev–Trinajstić information content (AvgIpc) is 3.05. The van der Waals surface area contributed by atoms with Crippen molar-refractivity contribution in [2.45, 2.75) is 33.9 Å². The highest BCUT2D eigenvalue weighted by molar-refractivity contribution is 7.72. The molecule has 0 unspecified atom stereocenters. The summed E-state index contributed by atoms with van der Waals surface area (Å²) in [6, 6.07) is 33.3. The van der Waals surface area contributed by atoms with Gasteiger partial charge in [0.1, 0.15) is 12.4 Å². The van der Waals surface area contributed by atoms with Gasteiger partial charge in [-0.05, 0) is 61.2 Å². The van der Waals surface area contributed by atoms with Gasteiger partial charge >= 0.3 is 0 Å². The maximum atomic E-state index is 16.1. The number of nitrogens with zero attached hydrogens (tertiary/aromatic N) is 2. The zero-order valence-electron chi connectivity index (χ0n) is 23.6. The third kappa shape index (κ3) is 5.43. The van der Waals surface area contributed by atoms with E-state index in [-0.39, 0.29) is 6.16 Å². The van der Waals surface area contributed by atoms with Crippen molar-refractivity contribution in [2.75, 3.05) is 22.1 Å². The van der Waals surface area contributed by atoms with Crippen molar-refractivity contribution < 1.29 is 9.63 Å². The van der Waals surface area contributed by atoms with Crippen molar-refractivity contribution in [3.05, 3.63) is 144 Å². The van der Waals surface area contributed by atoms with Crippen LogP contribution in [0.2, 0.25) is 0 Å². The molecule has 0 aromatic heterocycles. The molecule has 0 saturated carbocycles. The van der Waals surface area contributed by atoms with Gasteiger partial charge in [0.15, 0.2) is 14.0 Å². The highest BCUT2D eigenvalue weighted by Crippen LogP contribution is 2.67. The molecule has 0 N–H and O–H groups in total. The normalized spacial score (nSPS) is 14.2. The van der Waals surface area contributed by atoms with E-state index in [1.807, 2.05) is 49.4 Å². The molecule has 1 aliphatic rings. The lowest BCUT2D eigenvalue weighted by Gasteiger charge is -2.47. The maximum Gasteiger partial charge on any atom is 0.161 e. The number of hydrogen-bond donors (Lipinski definition) is 0. The van der Waals surface area contributed by atoms with Gasteiger partial charge in [0.25, 0.3) is 0 Å². The molecule has 0 spiro atoms. The van der Waals surface area contributed by atoms with Crippen LogP contribution >= 0.6 is 7.79 Å². The van der Waals surface area contributed by atoms with Gasteiger partial charge in [-0.3, -0.25) is 0 Å². The molecular formula is C35H37N2O2P. The molecule has 4 aromatic carbocycles. The van der Waals surface area contributed by atoms with Crippen LogP contribution in [0.1, 0.15) is 29.2 Å².